The lowest BCUT2D eigenvalue weighted by atomic mass is 9.86. The Morgan fingerprint density at radius 1 is 1.19 bits per heavy atom. The van der Waals surface area contributed by atoms with Gasteiger partial charge in [-0.05, 0) is 23.1 Å². The normalized spacial score (nSPS) is 11.9. The van der Waals surface area contributed by atoms with Gasteiger partial charge in [0.15, 0.2) is 0 Å². The molecule has 0 bridgehead atoms. The van der Waals surface area contributed by atoms with Crippen LogP contribution < -0.4 is 5.63 Å². The number of rotatable bonds is 0. The summed E-state index contributed by atoms with van der Waals surface area (Å²) in [5.41, 5.74) is 0.965. The highest BCUT2D eigenvalue weighted by atomic mass is 16.4. The molecule has 0 radical (unpaired) electrons. The molecule has 0 unspecified atom stereocenters. The van der Waals surface area contributed by atoms with Crippen LogP contribution in [0.5, 0.6) is 5.75 Å². The minimum atomic E-state index is -0.534. The zero-order valence-corrected chi connectivity index (χ0v) is 9.57. The summed E-state index contributed by atoms with van der Waals surface area (Å²) < 4.78 is 4.99. The Kier molecular flexibility index (Phi) is 2.26. The van der Waals surface area contributed by atoms with Gasteiger partial charge in [-0.2, -0.15) is 0 Å². The Morgan fingerprint density at radius 3 is 2.50 bits per heavy atom. The molecule has 1 aromatic carbocycles. The Labute approximate surface area is 93.3 Å². The largest absolute Gasteiger partial charge is 0.507 e. The smallest absolute Gasteiger partial charge is 0.339 e. The van der Waals surface area contributed by atoms with Crippen molar-refractivity contribution < 1.29 is 9.52 Å². The Hall–Kier alpha value is -1.77. The second-order valence-electron chi connectivity index (χ2n) is 4.91. The van der Waals surface area contributed by atoms with Crippen LogP contribution in [0.25, 0.3) is 11.0 Å². The van der Waals surface area contributed by atoms with Crippen molar-refractivity contribution in [2.45, 2.75) is 26.2 Å². The third-order valence-electron chi connectivity index (χ3n) is 2.59. The zero-order valence-electron chi connectivity index (χ0n) is 9.57. The molecule has 1 heterocycles. The van der Waals surface area contributed by atoms with Gasteiger partial charge in [0.25, 0.3) is 0 Å². The highest BCUT2D eigenvalue weighted by molar-refractivity contribution is 5.83. The molecular weight excluding hydrogens is 204 g/mol. The van der Waals surface area contributed by atoms with Gasteiger partial charge in [0, 0.05) is 0 Å². The maximum Gasteiger partial charge on any atom is 0.339 e. The minimum Gasteiger partial charge on any atom is -0.507 e. The van der Waals surface area contributed by atoms with Crippen molar-refractivity contribution in [1.29, 1.82) is 0 Å². The Morgan fingerprint density at radius 2 is 1.88 bits per heavy atom. The van der Waals surface area contributed by atoms with Gasteiger partial charge in [-0.1, -0.05) is 26.8 Å². The van der Waals surface area contributed by atoms with Crippen LogP contribution >= 0.6 is 0 Å². The molecule has 1 aromatic heterocycles. The first kappa shape index (κ1) is 10.7. The Balaban J connectivity index is 2.76. The summed E-state index contributed by atoms with van der Waals surface area (Å²) in [5, 5.41) is 10.3. The molecule has 0 atom stereocenters. The molecule has 0 aliphatic carbocycles. The van der Waals surface area contributed by atoms with Gasteiger partial charge in [-0.15, -0.1) is 0 Å². The average Bonchev–Trinajstić information content (AvgIpc) is 2.15. The summed E-state index contributed by atoms with van der Waals surface area (Å²) in [6, 6.07) is 6.57. The van der Waals surface area contributed by atoms with Crippen LogP contribution in [0.3, 0.4) is 0 Å². The molecule has 0 fully saturated rings. The van der Waals surface area contributed by atoms with Gasteiger partial charge in [0.1, 0.15) is 11.3 Å². The van der Waals surface area contributed by atoms with Crippen LogP contribution in [0, 0.1) is 0 Å². The van der Waals surface area contributed by atoms with Crippen molar-refractivity contribution in [1.82, 2.24) is 0 Å². The first-order valence-corrected chi connectivity index (χ1v) is 5.15. The topological polar surface area (TPSA) is 50.4 Å². The number of aromatic hydroxyl groups is 1. The maximum atomic E-state index is 11.1. The molecule has 3 nitrogen and oxygen atoms in total. The van der Waals surface area contributed by atoms with E-state index in [4.69, 9.17) is 4.42 Å². The fraction of sp³-hybridized carbons (Fsp3) is 0.308. The summed E-state index contributed by atoms with van der Waals surface area (Å²) in [7, 11) is 0. The highest BCUT2D eigenvalue weighted by Crippen LogP contribution is 2.29. The van der Waals surface area contributed by atoms with Crippen LogP contribution in [0.2, 0.25) is 0 Å². The Bertz CT molecular complexity index is 588. The van der Waals surface area contributed by atoms with E-state index in [9.17, 15) is 9.90 Å². The van der Waals surface area contributed by atoms with E-state index in [0.29, 0.717) is 11.0 Å². The predicted octanol–water partition coefficient (Wildman–Crippen LogP) is 2.80. The number of benzene rings is 1. The van der Waals surface area contributed by atoms with Crippen LogP contribution in [-0.2, 0) is 5.41 Å². The molecule has 0 saturated carbocycles. The number of hydrogen-bond acceptors (Lipinski definition) is 3. The second kappa shape index (κ2) is 3.37. The lowest BCUT2D eigenvalue weighted by Gasteiger charge is -2.19. The minimum absolute atomic E-state index is 0.00321. The van der Waals surface area contributed by atoms with Crippen LogP contribution in [0.1, 0.15) is 26.3 Å². The fourth-order valence-electron chi connectivity index (χ4n) is 1.61. The first-order chi connectivity index (χ1) is 7.38. The molecule has 16 heavy (non-hydrogen) atoms. The fourth-order valence-corrected chi connectivity index (χ4v) is 1.61. The van der Waals surface area contributed by atoms with Gasteiger partial charge in [-0.25, -0.2) is 4.79 Å². The predicted molar refractivity (Wildman–Crippen MR) is 62.8 cm³/mol. The van der Waals surface area contributed by atoms with Gasteiger partial charge in [0.05, 0.1) is 11.5 Å². The van der Waals surface area contributed by atoms with E-state index in [1.807, 2.05) is 12.1 Å². The molecule has 0 saturated heterocycles. The number of fused-ring (bicyclic) bond motifs is 1. The van der Waals surface area contributed by atoms with Gasteiger partial charge < -0.3 is 9.52 Å². The standard InChI is InChI=1S/C13H14O3/c1-13(2,3)8-4-5-11-9(6-8)10(14)7-12(15)16-11/h4-7,14H,1-3H3. The second-order valence-corrected chi connectivity index (χ2v) is 4.91. The molecule has 84 valence electrons. The summed E-state index contributed by atoms with van der Waals surface area (Å²) >= 11 is 0. The monoisotopic (exact) mass is 218 g/mol. The van der Waals surface area contributed by atoms with E-state index >= 15 is 0 Å². The molecule has 0 spiro atoms. The molecule has 0 aliphatic heterocycles. The lowest BCUT2D eigenvalue weighted by molar-refractivity contribution is 0.467. The third-order valence-corrected chi connectivity index (χ3v) is 2.59. The van der Waals surface area contributed by atoms with E-state index in [2.05, 4.69) is 20.8 Å². The molecule has 0 aliphatic rings. The van der Waals surface area contributed by atoms with E-state index < -0.39 is 5.63 Å². The first-order valence-electron chi connectivity index (χ1n) is 5.15. The molecule has 2 rings (SSSR count). The molecule has 3 heteroatoms. The van der Waals surface area contributed by atoms with E-state index in [1.54, 1.807) is 6.07 Å². The summed E-state index contributed by atoms with van der Waals surface area (Å²) in [4.78, 5) is 11.1. The van der Waals surface area contributed by atoms with Gasteiger partial charge in [0.2, 0.25) is 0 Å². The van der Waals surface area contributed by atoms with E-state index in [-0.39, 0.29) is 11.2 Å². The quantitative estimate of drug-likeness (QED) is 0.692. The average molecular weight is 218 g/mol. The summed E-state index contributed by atoms with van der Waals surface area (Å²) in [5.74, 6) is -0.0302. The van der Waals surface area contributed by atoms with Crippen molar-refractivity contribution in [3.63, 3.8) is 0 Å². The van der Waals surface area contributed by atoms with Crippen molar-refractivity contribution in [3.8, 4) is 5.75 Å². The van der Waals surface area contributed by atoms with Crippen LogP contribution in [0.15, 0.2) is 33.5 Å². The SMILES string of the molecule is CC(C)(C)c1ccc2oc(=O)cc(O)c2c1. The maximum absolute atomic E-state index is 11.1. The van der Waals surface area contributed by atoms with Crippen molar-refractivity contribution in [2.75, 3.05) is 0 Å². The summed E-state index contributed by atoms with van der Waals surface area (Å²) in [6.45, 7) is 6.26. The van der Waals surface area contributed by atoms with E-state index in [1.165, 1.54) is 0 Å². The van der Waals surface area contributed by atoms with Gasteiger partial charge >= 0.3 is 5.63 Å². The van der Waals surface area contributed by atoms with Crippen molar-refractivity contribution in [3.05, 3.63) is 40.2 Å². The number of hydrogen-bond donors (Lipinski definition) is 1. The van der Waals surface area contributed by atoms with E-state index in [0.717, 1.165) is 11.6 Å². The molecule has 2 aromatic rings. The molecule has 1 N–H and O–H groups in total. The van der Waals surface area contributed by atoms with Gasteiger partial charge in [-0.3, -0.25) is 0 Å². The van der Waals surface area contributed by atoms with Crippen LogP contribution in [0.4, 0.5) is 0 Å². The zero-order chi connectivity index (χ0) is 11.9. The third kappa shape index (κ3) is 1.81. The van der Waals surface area contributed by atoms with Crippen molar-refractivity contribution in [2.24, 2.45) is 0 Å². The van der Waals surface area contributed by atoms with Crippen LogP contribution in [-0.4, -0.2) is 5.11 Å². The lowest BCUT2D eigenvalue weighted by Crippen LogP contribution is -2.10. The summed E-state index contributed by atoms with van der Waals surface area (Å²) in [6.07, 6.45) is 0. The highest BCUT2D eigenvalue weighted by Gasteiger charge is 2.15. The van der Waals surface area contributed by atoms with Crippen molar-refractivity contribution >= 4 is 11.0 Å². The molecule has 0 amide bonds. The molecular formula is C13H14O3.